The lowest BCUT2D eigenvalue weighted by atomic mass is 9.71. The minimum Gasteiger partial charge on any atom is -0.394 e. The van der Waals surface area contributed by atoms with Crippen LogP contribution in [0.25, 0.3) is 11.2 Å². The quantitative estimate of drug-likeness (QED) is 0.782. The summed E-state index contributed by atoms with van der Waals surface area (Å²) in [7, 11) is 0. The van der Waals surface area contributed by atoms with Gasteiger partial charge in [0.05, 0.1) is 30.2 Å². The molecule has 0 radical (unpaired) electrons. The Morgan fingerprint density at radius 3 is 3.10 bits per heavy atom. The van der Waals surface area contributed by atoms with E-state index in [1.807, 2.05) is 0 Å². The largest absolute Gasteiger partial charge is 0.394 e. The number of alkyl halides is 1. The molecular formula is C12H13ClN4O3. The molecule has 7 nitrogen and oxygen atoms in total. The maximum absolute atomic E-state index is 11.7. The zero-order chi connectivity index (χ0) is 13.9. The summed E-state index contributed by atoms with van der Waals surface area (Å²) in [5.74, 6) is 0.124. The summed E-state index contributed by atoms with van der Waals surface area (Å²) >= 11 is 6.68. The molecule has 4 atom stereocenters. The van der Waals surface area contributed by atoms with E-state index in [0.29, 0.717) is 5.65 Å². The van der Waals surface area contributed by atoms with Crippen molar-refractivity contribution >= 4 is 22.8 Å². The second-order valence-electron chi connectivity index (χ2n) is 5.34. The highest BCUT2D eigenvalue weighted by atomic mass is 35.5. The van der Waals surface area contributed by atoms with Gasteiger partial charge in [0.15, 0.2) is 17.4 Å². The first-order valence-corrected chi connectivity index (χ1v) is 6.88. The molecule has 0 unspecified atom stereocenters. The van der Waals surface area contributed by atoms with Crippen molar-refractivity contribution in [2.75, 3.05) is 6.61 Å². The molecule has 1 saturated carbocycles. The lowest BCUT2D eigenvalue weighted by Gasteiger charge is -2.42. The van der Waals surface area contributed by atoms with E-state index in [2.05, 4.69) is 15.0 Å². The summed E-state index contributed by atoms with van der Waals surface area (Å²) in [6.07, 6.45) is 3.87. The van der Waals surface area contributed by atoms with Crippen LogP contribution in [0.3, 0.4) is 0 Å². The van der Waals surface area contributed by atoms with E-state index in [1.54, 1.807) is 4.57 Å². The van der Waals surface area contributed by atoms with Crippen molar-refractivity contribution in [3.63, 3.8) is 0 Å². The number of H-pyrrole nitrogens is 1. The number of fused-ring (bicyclic) bond motifs is 2. The molecule has 2 fully saturated rings. The summed E-state index contributed by atoms with van der Waals surface area (Å²) < 4.78 is 7.58. The molecular weight excluding hydrogens is 284 g/mol. The van der Waals surface area contributed by atoms with Crippen LogP contribution < -0.4 is 5.56 Å². The highest BCUT2D eigenvalue weighted by molar-refractivity contribution is 6.25. The van der Waals surface area contributed by atoms with Crippen molar-refractivity contribution in [3.05, 3.63) is 23.0 Å². The van der Waals surface area contributed by atoms with E-state index in [0.717, 1.165) is 12.8 Å². The van der Waals surface area contributed by atoms with Gasteiger partial charge in [0.25, 0.3) is 5.56 Å². The first-order valence-electron chi connectivity index (χ1n) is 6.50. The molecule has 2 aromatic heterocycles. The number of aliphatic hydroxyl groups is 1. The van der Waals surface area contributed by atoms with Crippen LogP contribution in [0.15, 0.2) is 17.4 Å². The van der Waals surface area contributed by atoms with Crippen LogP contribution in [0.1, 0.15) is 19.1 Å². The topological polar surface area (TPSA) is 93.0 Å². The zero-order valence-electron chi connectivity index (χ0n) is 10.5. The van der Waals surface area contributed by atoms with Crippen LogP contribution in [0.4, 0.5) is 0 Å². The molecule has 3 heterocycles. The van der Waals surface area contributed by atoms with E-state index in [9.17, 15) is 9.90 Å². The van der Waals surface area contributed by atoms with Crippen LogP contribution in [-0.4, -0.2) is 42.2 Å². The van der Waals surface area contributed by atoms with Crippen molar-refractivity contribution in [3.8, 4) is 0 Å². The smallest absolute Gasteiger partial charge is 0.278 e. The lowest BCUT2D eigenvalue weighted by Crippen LogP contribution is -2.46. The first-order chi connectivity index (χ1) is 9.65. The van der Waals surface area contributed by atoms with Crippen molar-refractivity contribution < 1.29 is 9.84 Å². The fourth-order valence-electron chi connectivity index (χ4n) is 3.26. The Kier molecular flexibility index (Phi) is 2.48. The summed E-state index contributed by atoms with van der Waals surface area (Å²) in [5.41, 5.74) is 0.418. The normalized spacial score (nSPS) is 36.0. The molecule has 0 aromatic carbocycles. The highest BCUT2D eigenvalue weighted by Crippen LogP contribution is 2.59. The van der Waals surface area contributed by atoms with Crippen molar-refractivity contribution in [2.24, 2.45) is 5.92 Å². The van der Waals surface area contributed by atoms with E-state index >= 15 is 0 Å². The van der Waals surface area contributed by atoms with E-state index in [1.165, 1.54) is 12.7 Å². The summed E-state index contributed by atoms with van der Waals surface area (Å²) in [6, 6.07) is 0. The Balaban J connectivity index is 1.84. The van der Waals surface area contributed by atoms with Gasteiger partial charge in [-0.05, 0) is 12.8 Å². The van der Waals surface area contributed by atoms with Gasteiger partial charge < -0.3 is 14.8 Å². The standard InChI is InChI=1S/C12H13ClN4O3/c13-12-2-1-6(12)7(3-18)20-11(12)17-5-16-8-9(17)14-4-15-10(8)19/h4-7,11,18H,1-3H2,(H,14,15,19)/t6-,7-,11+,12+/m1/s1. The Morgan fingerprint density at radius 2 is 2.45 bits per heavy atom. The molecule has 1 aliphatic carbocycles. The third-order valence-corrected chi connectivity index (χ3v) is 5.07. The number of nitrogens with zero attached hydrogens (tertiary/aromatic N) is 3. The van der Waals surface area contributed by atoms with E-state index in [-0.39, 0.29) is 29.7 Å². The molecule has 0 bridgehead atoms. The lowest BCUT2D eigenvalue weighted by molar-refractivity contribution is -0.0282. The van der Waals surface area contributed by atoms with Crippen LogP contribution in [0.2, 0.25) is 0 Å². The molecule has 2 N–H and O–H groups in total. The highest BCUT2D eigenvalue weighted by Gasteiger charge is 2.61. The van der Waals surface area contributed by atoms with E-state index in [4.69, 9.17) is 16.3 Å². The maximum atomic E-state index is 11.7. The molecule has 2 aliphatic rings. The number of aliphatic hydroxyl groups excluding tert-OH is 1. The van der Waals surface area contributed by atoms with Crippen molar-refractivity contribution in [2.45, 2.75) is 30.0 Å². The second-order valence-corrected chi connectivity index (χ2v) is 6.04. The van der Waals surface area contributed by atoms with Crippen LogP contribution >= 0.6 is 11.6 Å². The predicted octanol–water partition coefficient (Wildman–Crippen LogP) is 0.397. The second kappa shape index (κ2) is 4.03. The average molecular weight is 297 g/mol. The fourth-order valence-corrected chi connectivity index (χ4v) is 3.78. The van der Waals surface area contributed by atoms with Gasteiger partial charge in [-0.25, -0.2) is 9.97 Å². The average Bonchev–Trinajstić information content (AvgIpc) is 2.93. The van der Waals surface area contributed by atoms with Gasteiger partial charge in [-0.2, -0.15) is 0 Å². The van der Waals surface area contributed by atoms with Gasteiger partial charge >= 0.3 is 0 Å². The molecule has 8 heteroatoms. The molecule has 1 saturated heterocycles. The Morgan fingerprint density at radius 1 is 1.60 bits per heavy atom. The van der Waals surface area contributed by atoms with Gasteiger partial charge in [-0.1, -0.05) is 0 Å². The number of rotatable bonds is 2. The molecule has 4 rings (SSSR count). The minimum absolute atomic E-state index is 0.0592. The Hall–Kier alpha value is -1.44. The summed E-state index contributed by atoms with van der Waals surface area (Å²) in [6.45, 7) is -0.0592. The molecule has 106 valence electrons. The summed E-state index contributed by atoms with van der Waals surface area (Å²) in [4.78, 5) is 21.9. The van der Waals surface area contributed by atoms with Crippen LogP contribution in [-0.2, 0) is 4.74 Å². The van der Waals surface area contributed by atoms with Crippen LogP contribution in [0, 0.1) is 5.92 Å². The number of halogens is 1. The van der Waals surface area contributed by atoms with Crippen LogP contribution in [0.5, 0.6) is 0 Å². The first kappa shape index (κ1) is 12.3. The zero-order valence-corrected chi connectivity index (χ0v) is 11.2. The Bertz CT molecular complexity index is 729. The minimum atomic E-state index is -0.550. The van der Waals surface area contributed by atoms with Gasteiger partial charge in [0.2, 0.25) is 0 Å². The number of imidazole rings is 1. The molecule has 0 spiro atoms. The number of aromatic amines is 1. The monoisotopic (exact) mass is 296 g/mol. The van der Waals surface area contributed by atoms with E-state index < -0.39 is 11.1 Å². The SMILES string of the molecule is O=c1[nH]cnc2c1ncn2[C@H]1O[C@H](CO)[C@H]2CC[C@]21Cl. The molecule has 2 aromatic rings. The van der Waals surface area contributed by atoms with Gasteiger partial charge in [0, 0.05) is 5.92 Å². The Labute approximate surface area is 118 Å². The molecule has 0 amide bonds. The number of nitrogens with one attached hydrogen (secondary N) is 1. The predicted molar refractivity (Wildman–Crippen MR) is 70.5 cm³/mol. The number of ether oxygens (including phenoxy) is 1. The fraction of sp³-hybridized carbons (Fsp3) is 0.583. The van der Waals surface area contributed by atoms with Gasteiger partial charge in [-0.15, -0.1) is 11.6 Å². The van der Waals surface area contributed by atoms with Crippen molar-refractivity contribution in [1.29, 1.82) is 0 Å². The number of aromatic nitrogens is 4. The number of hydrogen-bond acceptors (Lipinski definition) is 5. The maximum Gasteiger partial charge on any atom is 0.278 e. The van der Waals surface area contributed by atoms with Crippen molar-refractivity contribution in [1.82, 2.24) is 19.5 Å². The number of hydrogen-bond donors (Lipinski definition) is 2. The summed E-state index contributed by atoms with van der Waals surface area (Å²) in [5, 5.41) is 9.40. The molecule has 20 heavy (non-hydrogen) atoms. The third kappa shape index (κ3) is 1.40. The molecule has 1 aliphatic heterocycles. The van der Waals surface area contributed by atoms with Gasteiger partial charge in [0.1, 0.15) is 0 Å². The third-order valence-electron chi connectivity index (χ3n) is 4.42. The van der Waals surface area contributed by atoms with Gasteiger partial charge in [-0.3, -0.25) is 9.36 Å².